The van der Waals surface area contributed by atoms with Crippen LogP contribution in [0, 0.1) is 0 Å². The van der Waals surface area contributed by atoms with E-state index in [4.69, 9.17) is 19.3 Å². The summed E-state index contributed by atoms with van der Waals surface area (Å²) >= 11 is 1.50. The van der Waals surface area contributed by atoms with Gasteiger partial charge >= 0.3 is 0 Å². The zero-order valence-corrected chi connectivity index (χ0v) is 24.0. The number of hydrogen-bond acceptors (Lipinski definition) is 7. The van der Waals surface area contributed by atoms with Gasteiger partial charge in [0.15, 0.2) is 0 Å². The number of fused-ring (bicyclic) bond motifs is 1. The number of anilines is 1. The van der Waals surface area contributed by atoms with E-state index in [1.54, 1.807) is 30.9 Å². The number of hydrogen-bond donors (Lipinski definition) is 1. The van der Waals surface area contributed by atoms with E-state index in [0.717, 1.165) is 28.1 Å². The second-order valence-corrected chi connectivity index (χ2v) is 10.4. The lowest BCUT2D eigenvalue weighted by Crippen LogP contribution is -2.43. The van der Waals surface area contributed by atoms with Gasteiger partial charge in [-0.25, -0.2) is 4.68 Å². The number of aromatic nitrogens is 2. The number of para-hydroxylation sites is 1. The van der Waals surface area contributed by atoms with E-state index in [9.17, 15) is 9.59 Å². The number of nitrogens with one attached hydrogen (secondary N) is 1. The smallest absolute Gasteiger partial charge is 0.240 e. The lowest BCUT2D eigenvalue weighted by molar-refractivity contribution is -0.123. The molecule has 5 rings (SSSR count). The number of nitrogens with zero attached hydrogens (tertiary/aromatic N) is 3. The maximum absolute atomic E-state index is 13.8. The van der Waals surface area contributed by atoms with Crippen LogP contribution >= 0.6 is 11.8 Å². The molecule has 1 aliphatic rings. The van der Waals surface area contributed by atoms with Gasteiger partial charge in [-0.1, -0.05) is 48.5 Å². The molecule has 10 heteroatoms. The summed E-state index contributed by atoms with van der Waals surface area (Å²) in [5.74, 6) is 1.64. The predicted octanol–water partition coefficient (Wildman–Crippen LogP) is 4.49. The van der Waals surface area contributed by atoms with Crippen LogP contribution in [0.1, 0.15) is 16.4 Å². The molecule has 0 radical (unpaired) electrons. The van der Waals surface area contributed by atoms with E-state index in [2.05, 4.69) is 5.32 Å². The molecule has 212 valence electrons. The Kier molecular flexibility index (Phi) is 8.91. The summed E-state index contributed by atoms with van der Waals surface area (Å²) in [7, 11) is 4.83. The summed E-state index contributed by atoms with van der Waals surface area (Å²) in [5.41, 5.74) is 4.10. The topological polar surface area (TPSA) is 94.9 Å². The molecule has 0 saturated heterocycles. The summed E-state index contributed by atoms with van der Waals surface area (Å²) in [4.78, 5) is 28.4. The number of rotatable bonds is 10. The monoisotopic (exact) mass is 572 g/mol. The third kappa shape index (κ3) is 5.94. The minimum absolute atomic E-state index is 0.162. The largest absolute Gasteiger partial charge is 0.497 e. The maximum Gasteiger partial charge on any atom is 0.240 e. The Hall–Kier alpha value is -4.28. The van der Waals surface area contributed by atoms with E-state index in [1.807, 2.05) is 78.9 Å². The first-order valence-corrected chi connectivity index (χ1v) is 14.2. The van der Waals surface area contributed by atoms with Crippen molar-refractivity contribution < 1.29 is 23.8 Å². The molecule has 1 unspecified atom stereocenters. The Labute approximate surface area is 243 Å². The van der Waals surface area contributed by atoms with Gasteiger partial charge in [0, 0.05) is 30.3 Å². The fourth-order valence-electron chi connectivity index (χ4n) is 4.85. The van der Waals surface area contributed by atoms with Crippen LogP contribution in [-0.2, 0) is 14.3 Å². The summed E-state index contributed by atoms with van der Waals surface area (Å²) in [5, 5.41) is 7.65. The van der Waals surface area contributed by atoms with Gasteiger partial charge in [-0.15, -0.1) is 11.8 Å². The van der Waals surface area contributed by atoms with Crippen LogP contribution in [0.5, 0.6) is 11.5 Å². The van der Waals surface area contributed by atoms with Gasteiger partial charge in [0.05, 0.1) is 43.2 Å². The van der Waals surface area contributed by atoms with Crippen LogP contribution in [0.4, 0.5) is 5.82 Å². The minimum atomic E-state index is -0.297. The van der Waals surface area contributed by atoms with Crippen molar-refractivity contribution in [1.29, 1.82) is 0 Å². The second-order valence-electron chi connectivity index (χ2n) is 9.32. The van der Waals surface area contributed by atoms with Crippen LogP contribution < -0.4 is 19.7 Å². The molecule has 0 bridgehead atoms. The molecule has 2 amide bonds. The molecule has 1 atom stereocenters. The van der Waals surface area contributed by atoms with Gasteiger partial charge in [0.2, 0.25) is 11.8 Å². The van der Waals surface area contributed by atoms with E-state index >= 15 is 0 Å². The van der Waals surface area contributed by atoms with Gasteiger partial charge in [0.25, 0.3) is 0 Å². The van der Waals surface area contributed by atoms with Gasteiger partial charge < -0.3 is 19.5 Å². The summed E-state index contributed by atoms with van der Waals surface area (Å²) < 4.78 is 18.0. The van der Waals surface area contributed by atoms with Gasteiger partial charge in [-0.2, -0.15) is 5.10 Å². The molecular weight excluding hydrogens is 540 g/mol. The summed E-state index contributed by atoms with van der Waals surface area (Å²) in [6, 6.07) is 25.1. The summed E-state index contributed by atoms with van der Waals surface area (Å²) in [6.07, 6.45) is 0. The third-order valence-electron chi connectivity index (χ3n) is 6.80. The molecule has 2 heterocycles. The SMILES string of the molecule is COCCNC(=O)CN1C(=O)CSC(c2ccccc2OC)c2c(-c3ccccc3)nn(-c3ccc(OC)cc3)c21. The molecule has 1 N–H and O–H groups in total. The first-order valence-electron chi connectivity index (χ1n) is 13.2. The Morgan fingerprint density at radius 3 is 2.41 bits per heavy atom. The van der Waals surface area contributed by atoms with Crippen molar-refractivity contribution in [2.75, 3.05) is 51.7 Å². The molecule has 0 saturated carbocycles. The highest BCUT2D eigenvalue weighted by Gasteiger charge is 2.38. The van der Waals surface area contributed by atoms with Gasteiger partial charge in [-0.3, -0.25) is 14.5 Å². The highest BCUT2D eigenvalue weighted by molar-refractivity contribution is 8.00. The Balaban J connectivity index is 1.76. The van der Waals surface area contributed by atoms with Crippen molar-refractivity contribution in [3.63, 3.8) is 0 Å². The average Bonchev–Trinajstić information content (AvgIpc) is 3.34. The van der Waals surface area contributed by atoms with E-state index < -0.39 is 0 Å². The lowest BCUT2D eigenvalue weighted by Gasteiger charge is -2.23. The summed E-state index contributed by atoms with van der Waals surface area (Å²) in [6.45, 7) is 0.555. The Bertz CT molecular complexity index is 1510. The molecule has 1 aromatic heterocycles. The van der Waals surface area contributed by atoms with E-state index in [0.29, 0.717) is 30.5 Å². The number of thioether (sulfide) groups is 1. The molecule has 0 fully saturated rings. The number of carbonyl (C=O) groups excluding carboxylic acids is 2. The molecule has 41 heavy (non-hydrogen) atoms. The Morgan fingerprint density at radius 2 is 1.71 bits per heavy atom. The van der Waals surface area contributed by atoms with Crippen LogP contribution in [0.2, 0.25) is 0 Å². The van der Waals surface area contributed by atoms with Crippen LogP contribution in [0.25, 0.3) is 16.9 Å². The number of amides is 2. The minimum Gasteiger partial charge on any atom is -0.497 e. The molecule has 0 spiro atoms. The number of benzene rings is 3. The first-order chi connectivity index (χ1) is 20.0. The predicted molar refractivity (Wildman–Crippen MR) is 160 cm³/mol. The van der Waals surface area contributed by atoms with Crippen LogP contribution in [0.3, 0.4) is 0 Å². The highest BCUT2D eigenvalue weighted by Crippen LogP contribution is 2.50. The van der Waals surface area contributed by atoms with Crippen LogP contribution in [-0.4, -0.2) is 68.4 Å². The number of carbonyl (C=O) groups is 2. The van der Waals surface area contributed by atoms with Crippen LogP contribution in [0.15, 0.2) is 78.9 Å². The van der Waals surface area contributed by atoms with E-state index in [-0.39, 0.29) is 29.4 Å². The number of ether oxygens (including phenoxy) is 3. The molecular formula is C31H32N4O5S. The molecule has 1 aliphatic heterocycles. The van der Waals surface area contributed by atoms with Crippen molar-refractivity contribution in [2.24, 2.45) is 0 Å². The average molecular weight is 573 g/mol. The third-order valence-corrected chi connectivity index (χ3v) is 8.04. The Morgan fingerprint density at radius 1 is 0.976 bits per heavy atom. The zero-order valence-electron chi connectivity index (χ0n) is 23.2. The fraction of sp³-hybridized carbons (Fsp3) is 0.258. The van der Waals surface area contributed by atoms with Crippen molar-refractivity contribution in [1.82, 2.24) is 15.1 Å². The van der Waals surface area contributed by atoms with Crippen molar-refractivity contribution in [3.8, 4) is 28.4 Å². The fourth-order valence-corrected chi connectivity index (χ4v) is 6.08. The standard InChI is InChI=1S/C31H32N4O5S/c1-38-18-17-32-26(36)19-34-27(37)20-41-30(24-11-7-8-12-25(24)40-3)28-29(21-9-5-4-6-10-21)33-35(31(28)34)22-13-15-23(39-2)16-14-22/h4-16,30H,17-20H2,1-3H3,(H,32,36). The van der Waals surface area contributed by atoms with Gasteiger partial charge in [0.1, 0.15) is 23.9 Å². The van der Waals surface area contributed by atoms with Gasteiger partial charge in [-0.05, 0) is 30.3 Å². The zero-order chi connectivity index (χ0) is 28.8. The maximum atomic E-state index is 13.8. The van der Waals surface area contributed by atoms with E-state index in [1.165, 1.54) is 11.8 Å². The van der Waals surface area contributed by atoms with Crippen molar-refractivity contribution in [2.45, 2.75) is 5.25 Å². The highest BCUT2D eigenvalue weighted by atomic mass is 32.2. The molecule has 0 aliphatic carbocycles. The molecule has 3 aromatic carbocycles. The molecule has 9 nitrogen and oxygen atoms in total. The second kappa shape index (κ2) is 12.9. The normalized spacial score (nSPS) is 14.8. The number of methoxy groups -OCH3 is 3. The van der Waals surface area contributed by atoms with Crippen molar-refractivity contribution in [3.05, 3.63) is 90.0 Å². The molecule has 4 aromatic rings. The quantitative estimate of drug-likeness (QED) is 0.280. The first kappa shape index (κ1) is 28.3. The van der Waals surface area contributed by atoms with Crippen molar-refractivity contribution >= 4 is 29.4 Å². The lowest BCUT2D eigenvalue weighted by atomic mass is 9.99.